The number of carbonyl (C=O) groups excluding carboxylic acids is 1. The van der Waals surface area contributed by atoms with E-state index >= 15 is 0 Å². The lowest BCUT2D eigenvalue weighted by Gasteiger charge is -2.09. The molecule has 3 aromatic heterocycles. The number of ether oxygens (including phenoxy) is 1. The van der Waals surface area contributed by atoms with Crippen molar-refractivity contribution in [1.29, 1.82) is 0 Å². The topological polar surface area (TPSA) is 107 Å². The molecule has 146 valence electrons. The van der Waals surface area contributed by atoms with Gasteiger partial charge in [-0.1, -0.05) is 17.3 Å². The number of aromatic nitrogens is 5. The first-order chi connectivity index (χ1) is 14.2. The summed E-state index contributed by atoms with van der Waals surface area (Å²) in [5.41, 5.74) is 1.99. The van der Waals surface area contributed by atoms with Gasteiger partial charge in [-0.05, 0) is 37.1 Å². The number of nitrogens with zero attached hydrogens (tertiary/aromatic N) is 5. The molecular formula is C20H18N6O3. The Balaban J connectivity index is 1.34. The van der Waals surface area contributed by atoms with Gasteiger partial charge in [0.25, 0.3) is 5.89 Å². The maximum Gasteiger partial charge on any atom is 0.258 e. The summed E-state index contributed by atoms with van der Waals surface area (Å²) in [5, 5.41) is 15.2. The van der Waals surface area contributed by atoms with Gasteiger partial charge in [0.05, 0.1) is 19.2 Å². The fourth-order valence-electron chi connectivity index (χ4n) is 3.14. The third-order valence-electron chi connectivity index (χ3n) is 4.81. The third kappa shape index (κ3) is 3.42. The number of rotatable bonds is 6. The van der Waals surface area contributed by atoms with Crippen LogP contribution in [0.25, 0.3) is 17.1 Å². The van der Waals surface area contributed by atoms with Crippen molar-refractivity contribution in [3.05, 3.63) is 54.2 Å². The van der Waals surface area contributed by atoms with Crippen LogP contribution in [0.3, 0.4) is 0 Å². The number of hydrogen-bond acceptors (Lipinski definition) is 7. The van der Waals surface area contributed by atoms with Gasteiger partial charge in [-0.25, -0.2) is 0 Å². The van der Waals surface area contributed by atoms with Gasteiger partial charge in [0.1, 0.15) is 11.6 Å². The monoisotopic (exact) mass is 390 g/mol. The van der Waals surface area contributed by atoms with Crippen LogP contribution in [0.15, 0.2) is 47.1 Å². The summed E-state index contributed by atoms with van der Waals surface area (Å²) in [7, 11) is 1.56. The summed E-state index contributed by atoms with van der Waals surface area (Å²) in [6.07, 6.45) is 4.10. The van der Waals surface area contributed by atoms with Crippen LogP contribution in [0.4, 0.5) is 5.69 Å². The zero-order valence-corrected chi connectivity index (χ0v) is 15.7. The molecule has 0 spiro atoms. The fraction of sp³-hybridized carbons (Fsp3) is 0.250. The van der Waals surface area contributed by atoms with Gasteiger partial charge in [0, 0.05) is 17.7 Å². The molecule has 9 nitrogen and oxygen atoms in total. The minimum Gasteiger partial charge on any atom is -0.495 e. The number of anilines is 1. The van der Waals surface area contributed by atoms with E-state index in [1.807, 2.05) is 24.3 Å². The molecule has 1 saturated carbocycles. The van der Waals surface area contributed by atoms with Crippen LogP contribution in [0, 0.1) is 0 Å². The SMILES string of the molecule is COc1ccccc1NC(=O)Cc1nnc2cc(-c3nc(C4CC4)no3)ccn12. The number of benzene rings is 1. The van der Waals surface area contributed by atoms with Crippen LogP contribution in [-0.4, -0.2) is 37.8 Å². The summed E-state index contributed by atoms with van der Waals surface area (Å²) >= 11 is 0. The number of carbonyl (C=O) groups is 1. The molecule has 1 aliphatic carbocycles. The molecule has 1 N–H and O–H groups in total. The summed E-state index contributed by atoms with van der Waals surface area (Å²) in [6.45, 7) is 0. The summed E-state index contributed by atoms with van der Waals surface area (Å²) in [6, 6.07) is 10.9. The molecule has 1 aliphatic rings. The number of nitrogens with one attached hydrogen (secondary N) is 1. The molecule has 1 amide bonds. The highest BCUT2D eigenvalue weighted by Gasteiger charge is 2.29. The van der Waals surface area contributed by atoms with Crippen molar-refractivity contribution < 1.29 is 14.1 Å². The molecule has 0 radical (unpaired) electrons. The van der Waals surface area contributed by atoms with Gasteiger partial charge in [0.15, 0.2) is 11.5 Å². The van der Waals surface area contributed by atoms with Gasteiger partial charge in [-0.15, -0.1) is 10.2 Å². The Hall–Kier alpha value is -3.75. The van der Waals surface area contributed by atoms with E-state index in [0.717, 1.165) is 24.2 Å². The minimum absolute atomic E-state index is 0.0744. The van der Waals surface area contributed by atoms with Crippen molar-refractivity contribution in [3.8, 4) is 17.2 Å². The normalized spacial score (nSPS) is 13.6. The van der Waals surface area contributed by atoms with Crippen molar-refractivity contribution in [2.75, 3.05) is 12.4 Å². The number of hydrogen-bond donors (Lipinski definition) is 1. The predicted octanol–water partition coefficient (Wildman–Crippen LogP) is 2.85. The van der Waals surface area contributed by atoms with Crippen molar-refractivity contribution in [2.24, 2.45) is 0 Å². The second kappa shape index (κ2) is 7.01. The molecule has 29 heavy (non-hydrogen) atoms. The van der Waals surface area contributed by atoms with E-state index in [4.69, 9.17) is 9.26 Å². The Labute approximate surface area is 165 Å². The highest BCUT2D eigenvalue weighted by molar-refractivity contribution is 5.93. The highest BCUT2D eigenvalue weighted by Crippen LogP contribution is 2.38. The number of amides is 1. The highest BCUT2D eigenvalue weighted by atomic mass is 16.5. The minimum atomic E-state index is -0.209. The van der Waals surface area contributed by atoms with E-state index in [1.54, 1.807) is 29.8 Å². The summed E-state index contributed by atoms with van der Waals surface area (Å²) in [5.74, 6) is 2.57. The Morgan fingerprint density at radius 1 is 1.28 bits per heavy atom. The first-order valence-corrected chi connectivity index (χ1v) is 9.32. The zero-order valence-electron chi connectivity index (χ0n) is 15.7. The van der Waals surface area contributed by atoms with Crippen LogP contribution in [-0.2, 0) is 11.2 Å². The Bertz CT molecular complexity index is 1190. The second-order valence-corrected chi connectivity index (χ2v) is 6.92. The molecule has 0 atom stereocenters. The summed E-state index contributed by atoms with van der Waals surface area (Å²) in [4.78, 5) is 16.9. The molecule has 5 rings (SSSR count). The van der Waals surface area contributed by atoms with Crippen molar-refractivity contribution >= 4 is 17.2 Å². The number of fused-ring (bicyclic) bond motifs is 1. The van der Waals surface area contributed by atoms with E-state index in [1.165, 1.54) is 0 Å². The lowest BCUT2D eigenvalue weighted by atomic mass is 10.2. The standard InChI is InChI=1S/C20H18N6O3/c1-28-15-5-3-2-4-14(15)21-18(27)11-17-24-23-16-10-13(8-9-26(16)17)20-22-19(25-29-20)12-6-7-12/h2-5,8-10,12H,6-7,11H2,1H3,(H,21,27). The lowest BCUT2D eigenvalue weighted by molar-refractivity contribution is -0.115. The average molecular weight is 390 g/mol. The Morgan fingerprint density at radius 2 is 2.14 bits per heavy atom. The van der Waals surface area contributed by atoms with Crippen LogP contribution >= 0.6 is 0 Å². The van der Waals surface area contributed by atoms with Gasteiger partial charge in [-0.2, -0.15) is 4.98 Å². The van der Waals surface area contributed by atoms with Crippen LogP contribution in [0.5, 0.6) is 5.75 Å². The quantitative estimate of drug-likeness (QED) is 0.539. The summed E-state index contributed by atoms with van der Waals surface area (Å²) < 4.78 is 12.4. The fourth-order valence-corrected chi connectivity index (χ4v) is 3.14. The number of para-hydroxylation sites is 2. The molecule has 3 heterocycles. The van der Waals surface area contributed by atoms with E-state index in [0.29, 0.717) is 34.7 Å². The molecule has 0 unspecified atom stereocenters. The van der Waals surface area contributed by atoms with Gasteiger partial charge < -0.3 is 14.6 Å². The Morgan fingerprint density at radius 3 is 2.97 bits per heavy atom. The van der Waals surface area contributed by atoms with Crippen LogP contribution in [0.1, 0.15) is 30.4 Å². The first-order valence-electron chi connectivity index (χ1n) is 9.32. The van der Waals surface area contributed by atoms with Crippen LogP contribution in [0.2, 0.25) is 0 Å². The van der Waals surface area contributed by atoms with E-state index in [2.05, 4.69) is 25.7 Å². The molecule has 0 saturated heterocycles. The van der Waals surface area contributed by atoms with Gasteiger partial charge >= 0.3 is 0 Å². The van der Waals surface area contributed by atoms with Gasteiger partial charge in [0.2, 0.25) is 5.91 Å². The maximum absolute atomic E-state index is 12.5. The molecule has 1 fully saturated rings. The van der Waals surface area contributed by atoms with Crippen molar-refractivity contribution in [1.82, 2.24) is 24.7 Å². The van der Waals surface area contributed by atoms with E-state index in [9.17, 15) is 4.79 Å². The second-order valence-electron chi connectivity index (χ2n) is 6.92. The average Bonchev–Trinajstić information content (AvgIpc) is 3.34. The third-order valence-corrected chi connectivity index (χ3v) is 4.81. The van der Waals surface area contributed by atoms with Crippen molar-refractivity contribution in [2.45, 2.75) is 25.2 Å². The predicted molar refractivity (Wildman–Crippen MR) is 104 cm³/mol. The molecule has 1 aromatic carbocycles. The molecule has 4 aromatic rings. The molecule has 0 bridgehead atoms. The maximum atomic E-state index is 12.5. The smallest absolute Gasteiger partial charge is 0.258 e. The Kier molecular flexibility index (Phi) is 4.19. The molecule has 9 heteroatoms. The number of pyridine rings is 1. The lowest BCUT2D eigenvalue weighted by Crippen LogP contribution is -2.16. The first kappa shape index (κ1) is 17.4. The van der Waals surface area contributed by atoms with Crippen LogP contribution < -0.4 is 10.1 Å². The van der Waals surface area contributed by atoms with Gasteiger partial charge in [-0.3, -0.25) is 9.20 Å². The largest absolute Gasteiger partial charge is 0.495 e. The van der Waals surface area contributed by atoms with Crippen molar-refractivity contribution in [3.63, 3.8) is 0 Å². The van der Waals surface area contributed by atoms with E-state index < -0.39 is 0 Å². The molecular weight excluding hydrogens is 372 g/mol. The zero-order chi connectivity index (χ0) is 19.8. The number of methoxy groups -OCH3 is 1. The van der Waals surface area contributed by atoms with E-state index in [-0.39, 0.29) is 12.3 Å². The molecule has 0 aliphatic heterocycles.